The molecule has 1 fully saturated rings. The second-order valence-corrected chi connectivity index (χ2v) is 5.36. The molecule has 1 N–H and O–H groups in total. The summed E-state index contributed by atoms with van der Waals surface area (Å²) in [4.78, 5) is 6.84. The minimum atomic E-state index is 0.658. The average molecular weight is 289 g/mol. The summed E-state index contributed by atoms with van der Waals surface area (Å²) in [7, 11) is 0. The van der Waals surface area contributed by atoms with Gasteiger partial charge in [0.25, 0.3) is 0 Å². The summed E-state index contributed by atoms with van der Waals surface area (Å²) in [5.74, 6) is 1.00. The molecule has 0 unspecified atom stereocenters. The van der Waals surface area contributed by atoms with Crippen LogP contribution < -0.4 is 5.32 Å². The van der Waals surface area contributed by atoms with Gasteiger partial charge in [-0.15, -0.1) is 0 Å². The number of amidine groups is 1. The zero-order valence-corrected chi connectivity index (χ0v) is 12.4. The molecule has 0 amide bonds. The number of nitrogens with one attached hydrogen (secondary N) is 1. The summed E-state index contributed by atoms with van der Waals surface area (Å²) < 4.78 is 11.1. The lowest BCUT2D eigenvalue weighted by molar-refractivity contribution is 0.0180. The van der Waals surface area contributed by atoms with Crippen LogP contribution in [-0.2, 0) is 16.1 Å². The number of hydrogen-bond donors (Lipinski definition) is 1. The van der Waals surface area contributed by atoms with Gasteiger partial charge < -0.3 is 14.8 Å². The van der Waals surface area contributed by atoms with Crippen molar-refractivity contribution in [1.82, 2.24) is 10.2 Å². The third-order valence-corrected chi connectivity index (χ3v) is 3.80. The second kappa shape index (κ2) is 7.54. The summed E-state index contributed by atoms with van der Waals surface area (Å²) in [6.45, 7) is 7.94. The molecule has 1 aromatic carbocycles. The van der Waals surface area contributed by atoms with E-state index in [9.17, 15) is 0 Å². The largest absolute Gasteiger partial charge is 0.379 e. The fourth-order valence-corrected chi connectivity index (χ4v) is 2.61. The third kappa shape index (κ3) is 4.27. The Bertz CT molecular complexity index is 484. The molecule has 2 heterocycles. The van der Waals surface area contributed by atoms with Crippen LogP contribution in [0.25, 0.3) is 0 Å². The lowest BCUT2D eigenvalue weighted by atomic mass is 10.1. The molecule has 1 saturated heterocycles. The van der Waals surface area contributed by atoms with Crippen molar-refractivity contribution in [3.05, 3.63) is 35.4 Å². The summed E-state index contributed by atoms with van der Waals surface area (Å²) >= 11 is 0. The molecule has 0 aromatic heterocycles. The summed E-state index contributed by atoms with van der Waals surface area (Å²) in [5, 5.41) is 3.30. The van der Waals surface area contributed by atoms with Gasteiger partial charge in [0, 0.05) is 31.7 Å². The van der Waals surface area contributed by atoms with Crippen molar-refractivity contribution in [2.45, 2.75) is 6.61 Å². The van der Waals surface area contributed by atoms with Gasteiger partial charge in [0.1, 0.15) is 5.84 Å². The fraction of sp³-hybridized carbons (Fsp3) is 0.562. The van der Waals surface area contributed by atoms with Crippen LogP contribution in [0, 0.1) is 0 Å². The van der Waals surface area contributed by atoms with Crippen molar-refractivity contribution in [2.75, 3.05) is 52.5 Å². The van der Waals surface area contributed by atoms with Gasteiger partial charge in [0.05, 0.1) is 33.0 Å². The molecule has 2 aliphatic heterocycles. The molecule has 21 heavy (non-hydrogen) atoms. The maximum absolute atomic E-state index is 5.80. The van der Waals surface area contributed by atoms with E-state index < -0.39 is 0 Å². The van der Waals surface area contributed by atoms with Crippen LogP contribution in [0.1, 0.15) is 11.1 Å². The van der Waals surface area contributed by atoms with Crippen LogP contribution in [0.3, 0.4) is 0 Å². The molecule has 1 aromatic rings. The zero-order valence-electron chi connectivity index (χ0n) is 12.4. The highest BCUT2D eigenvalue weighted by Gasteiger charge is 2.10. The first-order valence-electron chi connectivity index (χ1n) is 7.67. The number of ether oxygens (including phenoxy) is 2. The lowest BCUT2D eigenvalue weighted by Crippen LogP contribution is -2.38. The topological polar surface area (TPSA) is 46.1 Å². The van der Waals surface area contributed by atoms with Crippen LogP contribution in [0.2, 0.25) is 0 Å². The van der Waals surface area contributed by atoms with Crippen LogP contribution >= 0.6 is 0 Å². The van der Waals surface area contributed by atoms with E-state index in [1.807, 2.05) is 0 Å². The molecule has 3 rings (SSSR count). The van der Waals surface area contributed by atoms with Crippen molar-refractivity contribution in [3.8, 4) is 0 Å². The predicted molar refractivity (Wildman–Crippen MR) is 82.8 cm³/mol. The molecule has 0 radical (unpaired) electrons. The number of rotatable bonds is 6. The Kier molecular flexibility index (Phi) is 5.21. The molecular weight excluding hydrogens is 266 g/mol. The maximum atomic E-state index is 5.80. The van der Waals surface area contributed by atoms with E-state index in [0.717, 1.165) is 63.9 Å². The monoisotopic (exact) mass is 289 g/mol. The number of aliphatic imine (C=N–C) groups is 1. The quantitative estimate of drug-likeness (QED) is 0.790. The first kappa shape index (κ1) is 14.5. The Hall–Kier alpha value is -1.43. The van der Waals surface area contributed by atoms with Gasteiger partial charge in [-0.3, -0.25) is 9.89 Å². The third-order valence-electron chi connectivity index (χ3n) is 3.80. The first-order chi connectivity index (χ1) is 10.4. The fourth-order valence-electron chi connectivity index (χ4n) is 2.61. The molecule has 0 spiro atoms. The maximum Gasteiger partial charge on any atom is 0.128 e. The number of benzene rings is 1. The molecule has 0 saturated carbocycles. The van der Waals surface area contributed by atoms with E-state index in [4.69, 9.17) is 9.47 Å². The summed E-state index contributed by atoms with van der Waals surface area (Å²) in [6, 6.07) is 8.42. The van der Waals surface area contributed by atoms with Gasteiger partial charge >= 0.3 is 0 Å². The van der Waals surface area contributed by atoms with E-state index in [0.29, 0.717) is 6.61 Å². The number of nitrogens with zero attached hydrogens (tertiary/aromatic N) is 2. The SMILES string of the molecule is c1cc(COCCN2CCOCC2)cc(C2=NCCN2)c1. The summed E-state index contributed by atoms with van der Waals surface area (Å²) in [6.07, 6.45) is 0. The van der Waals surface area contributed by atoms with E-state index >= 15 is 0 Å². The van der Waals surface area contributed by atoms with Crippen molar-refractivity contribution in [3.63, 3.8) is 0 Å². The summed E-state index contributed by atoms with van der Waals surface area (Å²) in [5.41, 5.74) is 2.35. The molecule has 114 valence electrons. The Morgan fingerprint density at radius 2 is 2.19 bits per heavy atom. The predicted octanol–water partition coefficient (Wildman–Crippen LogP) is 0.885. The molecule has 2 aliphatic rings. The van der Waals surface area contributed by atoms with Crippen LogP contribution in [-0.4, -0.2) is 63.3 Å². The first-order valence-corrected chi connectivity index (χ1v) is 7.67. The molecule has 0 aliphatic carbocycles. The van der Waals surface area contributed by atoms with Crippen LogP contribution in [0.4, 0.5) is 0 Å². The number of hydrogen-bond acceptors (Lipinski definition) is 5. The van der Waals surface area contributed by atoms with Crippen molar-refractivity contribution < 1.29 is 9.47 Å². The Morgan fingerprint density at radius 1 is 1.29 bits per heavy atom. The van der Waals surface area contributed by atoms with Crippen molar-refractivity contribution >= 4 is 5.84 Å². The molecule has 0 atom stereocenters. The zero-order chi connectivity index (χ0) is 14.3. The van der Waals surface area contributed by atoms with E-state index in [1.54, 1.807) is 0 Å². The lowest BCUT2D eigenvalue weighted by Gasteiger charge is -2.26. The van der Waals surface area contributed by atoms with Gasteiger partial charge in [-0.25, -0.2) is 0 Å². The Balaban J connectivity index is 1.43. The highest BCUT2D eigenvalue weighted by Crippen LogP contribution is 2.09. The van der Waals surface area contributed by atoms with Crippen molar-refractivity contribution in [2.24, 2.45) is 4.99 Å². The Labute approximate surface area is 126 Å². The smallest absolute Gasteiger partial charge is 0.128 e. The number of morpholine rings is 1. The van der Waals surface area contributed by atoms with Gasteiger partial charge in [-0.2, -0.15) is 0 Å². The minimum Gasteiger partial charge on any atom is -0.379 e. The van der Waals surface area contributed by atoms with Gasteiger partial charge in [-0.05, 0) is 11.6 Å². The van der Waals surface area contributed by atoms with Crippen LogP contribution in [0.15, 0.2) is 29.3 Å². The van der Waals surface area contributed by atoms with Crippen LogP contribution in [0.5, 0.6) is 0 Å². The standard InChI is InChI=1S/C16H23N3O2/c1-2-14(12-15(3-1)16-17-4-5-18-16)13-21-11-8-19-6-9-20-10-7-19/h1-3,12H,4-11,13H2,(H,17,18). The normalized spacial score (nSPS) is 19.3. The van der Waals surface area contributed by atoms with Gasteiger partial charge in [0.15, 0.2) is 0 Å². The van der Waals surface area contributed by atoms with E-state index in [1.165, 1.54) is 5.56 Å². The molecule has 0 bridgehead atoms. The molecular formula is C16H23N3O2. The Morgan fingerprint density at radius 3 is 3.00 bits per heavy atom. The van der Waals surface area contributed by atoms with E-state index in [-0.39, 0.29) is 0 Å². The molecule has 5 heteroatoms. The highest BCUT2D eigenvalue weighted by atomic mass is 16.5. The van der Waals surface area contributed by atoms with Gasteiger partial charge in [0.2, 0.25) is 0 Å². The van der Waals surface area contributed by atoms with Gasteiger partial charge in [-0.1, -0.05) is 18.2 Å². The minimum absolute atomic E-state index is 0.658. The second-order valence-electron chi connectivity index (χ2n) is 5.36. The average Bonchev–Trinajstić information content (AvgIpc) is 3.07. The van der Waals surface area contributed by atoms with E-state index in [2.05, 4.69) is 39.5 Å². The molecule has 5 nitrogen and oxygen atoms in total. The van der Waals surface area contributed by atoms with Crippen molar-refractivity contribution in [1.29, 1.82) is 0 Å². The highest BCUT2D eigenvalue weighted by molar-refractivity contribution is 5.99.